The zero-order valence-electron chi connectivity index (χ0n) is 35.8. The van der Waals surface area contributed by atoms with Gasteiger partial charge in [-0.1, -0.05) is 50.6 Å². The number of hydrogen-bond donors (Lipinski definition) is 9. The third-order valence-corrected chi connectivity index (χ3v) is 10.7. The molecule has 2 aromatic rings. The number of rotatable bonds is 27. The molecule has 10 N–H and O–H groups in total. The third-order valence-electron chi connectivity index (χ3n) is 10.3. The average Bonchev–Trinajstić information content (AvgIpc) is 3.91. The van der Waals surface area contributed by atoms with Crippen molar-refractivity contribution in [2.45, 2.75) is 134 Å². The number of nitrogens with one attached hydrogen (secondary N) is 6. The highest BCUT2D eigenvalue weighted by atomic mass is 32.1. The number of carbonyl (C=O) groups is 7. The first kappa shape index (κ1) is 50.3. The molecule has 0 bridgehead atoms. The van der Waals surface area contributed by atoms with E-state index < -0.39 is 71.9 Å². The van der Waals surface area contributed by atoms with Gasteiger partial charge in [0.1, 0.15) is 30.2 Å². The quantitative estimate of drug-likeness (QED) is 0.0441. The minimum atomic E-state index is -1.19. The molecule has 0 spiro atoms. The van der Waals surface area contributed by atoms with Crippen molar-refractivity contribution in [1.29, 1.82) is 0 Å². The molecule has 1 aliphatic rings. The number of benzene rings is 1. The summed E-state index contributed by atoms with van der Waals surface area (Å²) in [6, 6.07) is 4.22. The summed E-state index contributed by atoms with van der Waals surface area (Å²) in [4.78, 5) is 100. The fourth-order valence-corrected chi connectivity index (χ4v) is 6.94. The van der Waals surface area contributed by atoms with E-state index in [1.54, 1.807) is 0 Å². The zero-order valence-corrected chi connectivity index (χ0v) is 36.7. The van der Waals surface area contributed by atoms with Crippen molar-refractivity contribution < 1.29 is 38.3 Å². The number of aryl methyl sites for hydroxylation is 1. The van der Waals surface area contributed by atoms with E-state index in [0.29, 0.717) is 38.1 Å². The minimum Gasteiger partial charge on any atom is -0.376 e. The molecule has 1 aromatic heterocycles. The largest absolute Gasteiger partial charge is 0.376 e. The van der Waals surface area contributed by atoms with Crippen LogP contribution in [0.25, 0.3) is 0 Å². The van der Waals surface area contributed by atoms with Gasteiger partial charge < -0.3 is 52.7 Å². The van der Waals surface area contributed by atoms with Crippen LogP contribution in [0.3, 0.4) is 0 Å². The predicted molar refractivity (Wildman–Crippen MR) is 233 cm³/mol. The number of aromatic nitrogens is 2. The van der Waals surface area contributed by atoms with Gasteiger partial charge in [-0.3, -0.25) is 33.6 Å². The van der Waals surface area contributed by atoms with Crippen molar-refractivity contribution in [2.75, 3.05) is 25.4 Å². The van der Waals surface area contributed by atoms with E-state index in [2.05, 4.69) is 61.3 Å². The number of ether oxygens (including phenoxy) is 1. The van der Waals surface area contributed by atoms with E-state index in [1.807, 2.05) is 32.0 Å². The Hall–Kier alpha value is -5.01. The SMILES string of the molecule is CC(C)C[C@H](NC(=O)[C@@H]1C[C@H](OCCCCc2ccccc2)CN1C(=O)CCCCCNC(=O)C(N)CS)C(=O)N[C@@H](Cc1cnc[nH]1)C(=O)N[C@@H](C)C(=O)N[C@@H](C)C(N)=O. The van der Waals surface area contributed by atoms with Crippen LogP contribution in [-0.2, 0) is 51.1 Å². The lowest BCUT2D eigenvalue weighted by molar-refractivity contribution is -0.140. The molecule has 0 saturated carbocycles. The van der Waals surface area contributed by atoms with E-state index in [-0.39, 0.29) is 55.7 Å². The summed E-state index contributed by atoms with van der Waals surface area (Å²) in [5, 5.41) is 13.4. The Labute approximate surface area is 364 Å². The molecule has 7 atom stereocenters. The third kappa shape index (κ3) is 17.9. The van der Waals surface area contributed by atoms with Gasteiger partial charge in [0.2, 0.25) is 41.4 Å². The number of likely N-dealkylation sites (tertiary alicyclic amines) is 1. The lowest BCUT2D eigenvalue weighted by Crippen LogP contribution is -2.59. The molecular weight excluding hydrogens is 805 g/mol. The van der Waals surface area contributed by atoms with Crippen molar-refractivity contribution >= 4 is 54.0 Å². The standard InChI is InChI=1S/C42H66N10O8S/c1-26(2)19-33(41(58)50-34(20-30-22-45-25-47-30)40(57)49-28(4)38(55)48-27(3)37(44)54)51-42(59)35-21-31(60-18-12-10-15-29-13-7-5-8-14-29)23-52(35)36(53)16-9-6-11-17-46-39(56)32(43)24-61/h5,7-8,13-14,22,25-28,31-35,61H,6,9-12,15-21,23-24,43H2,1-4H3,(H2,44,54)(H,45,47)(H,46,56)(H,48,55)(H,49,57)(H,50,58)(H,51,59)/t27-,28-,31-,32?,33-,34-,35-/m0/s1. The number of nitrogens with two attached hydrogens (primary N) is 2. The molecule has 1 aliphatic heterocycles. The lowest BCUT2D eigenvalue weighted by Gasteiger charge is -2.28. The smallest absolute Gasteiger partial charge is 0.243 e. The first-order chi connectivity index (χ1) is 29.1. The van der Waals surface area contributed by atoms with Crippen molar-refractivity contribution in [1.82, 2.24) is 41.5 Å². The number of H-pyrrole nitrogens is 1. The highest BCUT2D eigenvalue weighted by molar-refractivity contribution is 7.80. The first-order valence-corrected chi connectivity index (χ1v) is 21.8. The van der Waals surface area contributed by atoms with Crippen LogP contribution in [0.4, 0.5) is 0 Å². The highest BCUT2D eigenvalue weighted by Crippen LogP contribution is 2.24. The van der Waals surface area contributed by atoms with Gasteiger partial charge in [-0.2, -0.15) is 12.6 Å². The second-order valence-electron chi connectivity index (χ2n) is 16.0. The number of hydrogen-bond acceptors (Lipinski definition) is 11. The summed E-state index contributed by atoms with van der Waals surface area (Å²) in [5.74, 6) is -3.57. The molecule has 7 amide bonds. The van der Waals surface area contributed by atoms with E-state index in [4.69, 9.17) is 16.2 Å². The normalized spacial score (nSPS) is 17.4. The molecule has 1 unspecified atom stereocenters. The fraction of sp³-hybridized carbons (Fsp3) is 0.619. The molecular formula is C42H66N10O8S. The molecule has 338 valence electrons. The molecule has 3 rings (SSSR count). The van der Waals surface area contributed by atoms with Crippen LogP contribution < -0.4 is 38.1 Å². The highest BCUT2D eigenvalue weighted by Gasteiger charge is 2.41. The fourth-order valence-electron chi connectivity index (χ4n) is 6.77. The summed E-state index contributed by atoms with van der Waals surface area (Å²) in [7, 11) is 0. The molecule has 18 nitrogen and oxygen atoms in total. The van der Waals surface area contributed by atoms with Gasteiger partial charge in [-0.15, -0.1) is 0 Å². The Kier molecular flexibility index (Phi) is 21.8. The number of nitrogens with zero attached hydrogens (tertiary/aromatic N) is 2. The van der Waals surface area contributed by atoms with Crippen molar-refractivity contribution in [3.05, 3.63) is 54.1 Å². The van der Waals surface area contributed by atoms with Gasteiger partial charge >= 0.3 is 0 Å². The van der Waals surface area contributed by atoms with Crippen LogP contribution in [0.5, 0.6) is 0 Å². The number of amides is 7. The molecule has 0 aliphatic carbocycles. The van der Waals surface area contributed by atoms with E-state index in [9.17, 15) is 33.6 Å². The summed E-state index contributed by atoms with van der Waals surface area (Å²) in [5.41, 5.74) is 12.7. The first-order valence-electron chi connectivity index (χ1n) is 21.2. The number of unbranched alkanes of at least 4 members (excludes halogenated alkanes) is 3. The van der Waals surface area contributed by atoms with Crippen molar-refractivity contribution in [3.63, 3.8) is 0 Å². The molecule has 1 saturated heterocycles. The van der Waals surface area contributed by atoms with Gasteiger partial charge in [0.25, 0.3) is 0 Å². The molecule has 61 heavy (non-hydrogen) atoms. The van der Waals surface area contributed by atoms with Gasteiger partial charge in [-0.25, -0.2) is 4.98 Å². The van der Waals surface area contributed by atoms with Crippen LogP contribution >= 0.6 is 12.6 Å². The Balaban J connectivity index is 1.70. The van der Waals surface area contributed by atoms with Crippen molar-refractivity contribution in [3.8, 4) is 0 Å². The van der Waals surface area contributed by atoms with Gasteiger partial charge in [-0.05, 0) is 63.9 Å². The number of primary amides is 1. The summed E-state index contributed by atoms with van der Waals surface area (Å²) >= 11 is 4.05. The lowest BCUT2D eigenvalue weighted by atomic mass is 10.0. The molecule has 1 fully saturated rings. The summed E-state index contributed by atoms with van der Waals surface area (Å²) in [6.07, 6.45) is 7.60. The zero-order chi connectivity index (χ0) is 44.9. The van der Waals surface area contributed by atoms with Crippen LogP contribution in [0.2, 0.25) is 0 Å². The van der Waals surface area contributed by atoms with E-state index in [0.717, 1.165) is 19.3 Å². The average molecular weight is 871 g/mol. The Morgan fingerprint density at radius 1 is 0.869 bits per heavy atom. The second kappa shape index (κ2) is 26.4. The van der Waals surface area contributed by atoms with Crippen LogP contribution in [0.1, 0.15) is 90.3 Å². The molecule has 2 heterocycles. The monoisotopic (exact) mass is 870 g/mol. The van der Waals surface area contributed by atoms with Crippen molar-refractivity contribution in [2.24, 2.45) is 17.4 Å². The maximum absolute atomic E-state index is 14.2. The summed E-state index contributed by atoms with van der Waals surface area (Å²) < 4.78 is 6.22. The minimum absolute atomic E-state index is 0.0171. The predicted octanol–water partition coefficient (Wildman–Crippen LogP) is 0.405. The number of thiol groups is 1. The number of imidazole rings is 1. The molecule has 0 radical (unpaired) electrons. The maximum atomic E-state index is 14.2. The Morgan fingerprint density at radius 3 is 2.23 bits per heavy atom. The van der Waals surface area contributed by atoms with E-state index in [1.165, 1.54) is 36.8 Å². The van der Waals surface area contributed by atoms with Gasteiger partial charge in [0.15, 0.2) is 0 Å². The van der Waals surface area contributed by atoms with Gasteiger partial charge in [0.05, 0.1) is 18.5 Å². The summed E-state index contributed by atoms with van der Waals surface area (Å²) in [6.45, 7) is 7.71. The van der Waals surface area contributed by atoms with E-state index >= 15 is 0 Å². The number of aromatic amines is 1. The van der Waals surface area contributed by atoms with Crippen LogP contribution in [0, 0.1) is 5.92 Å². The topological polar surface area (TPSA) is 273 Å². The second-order valence-corrected chi connectivity index (χ2v) is 16.4. The molecule has 19 heteroatoms. The maximum Gasteiger partial charge on any atom is 0.243 e. The molecule has 1 aromatic carbocycles. The van der Waals surface area contributed by atoms with Crippen LogP contribution in [-0.4, -0.2) is 124 Å². The van der Waals surface area contributed by atoms with Gasteiger partial charge in [0, 0.05) is 56.6 Å². The Morgan fingerprint density at radius 2 is 1.57 bits per heavy atom. The number of carbonyl (C=O) groups excluding carboxylic acids is 7. The van der Waals surface area contributed by atoms with Crippen LogP contribution in [0.15, 0.2) is 42.9 Å². The Bertz CT molecular complexity index is 1720.